The van der Waals surface area contributed by atoms with Crippen molar-refractivity contribution in [3.63, 3.8) is 0 Å². The van der Waals surface area contributed by atoms with Crippen LogP contribution in [0.1, 0.15) is 12.5 Å². The van der Waals surface area contributed by atoms with Crippen LogP contribution < -0.4 is 14.8 Å². The molecule has 0 aromatic heterocycles. The van der Waals surface area contributed by atoms with Gasteiger partial charge < -0.3 is 5.73 Å². The Morgan fingerprint density at radius 3 is 2.83 bits per heavy atom. The summed E-state index contributed by atoms with van der Waals surface area (Å²) in [5, 5.41) is 0. The number of anilines is 1. The third-order valence-corrected chi connectivity index (χ3v) is 4.70. The number of benzene rings is 1. The minimum atomic E-state index is -3.42. The smallest absolute Gasteiger partial charge is 0.301 e. The second kappa shape index (κ2) is 5.26. The van der Waals surface area contributed by atoms with E-state index >= 15 is 0 Å². The van der Waals surface area contributed by atoms with Gasteiger partial charge in [-0.2, -0.15) is 13.1 Å². The molecule has 1 atom stereocenters. The summed E-state index contributed by atoms with van der Waals surface area (Å²) in [6.45, 7) is 3.36. The van der Waals surface area contributed by atoms with E-state index in [1.165, 1.54) is 4.31 Å². The highest BCUT2D eigenvalue weighted by Gasteiger charge is 2.31. The van der Waals surface area contributed by atoms with E-state index < -0.39 is 10.2 Å². The minimum absolute atomic E-state index is 0.151. The lowest BCUT2D eigenvalue weighted by Gasteiger charge is -2.34. The van der Waals surface area contributed by atoms with Crippen molar-refractivity contribution in [3.8, 4) is 0 Å². The van der Waals surface area contributed by atoms with Crippen LogP contribution in [0.5, 0.6) is 0 Å². The Kier molecular flexibility index (Phi) is 3.89. The zero-order valence-corrected chi connectivity index (χ0v) is 11.3. The standard InChI is InChI=1S/C12H19N3O2S/c1-2-11-5-3-4-6-12(11)15-9-10(7-13)8-14-18(15,16)17/h3-6,10,14H,2,7-9,13H2,1H3. The van der Waals surface area contributed by atoms with E-state index in [1.54, 1.807) is 0 Å². The molecule has 0 amide bonds. The molecule has 0 aliphatic carbocycles. The SMILES string of the molecule is CCc1ccccc1N1CC(CN)CNS1(=O)=O. The molecular formula is C12H19N3O2S. The maximum atomic E-state index is 12.1. The lowest BCUT2D eigenvalue weighted by atomic mass is 10.1. The average Bonchev–Trinajstić information content (AvgIpc) is 2.38. The molecule has 1 heterocycles. The highest BCUT2D eigenvalue weighted by Crippen LogP contribution is 2.26. The molecule has 2 rings (SSSR count). The first kappa shape index (κ1) is 13.3. The highest BCUT2D eigenvalue weighted by atomic mass is 32.2. The molecule has 1 saturated heterocycles. The maximum Gasteiger partial charge on any atom is 0.301 e. The Hall–Kier alpha value is -1.11. The number of hydrogen-bond donors (Lipinski definition) is 2. The predicted molar refractivity (Wildman–Crippen MR) is 72.6 cm³/mol. The zero-order chi connectivity index (χ0) is 13.2. The molecule has 6 heteroatoms. The van der Waals surface area contributed by atoms with Gasteiger partial charge in [0.2, 0.25) is 0 Å². The summed E-state index contributed by atoms with van der Waals surface area (Å²) in [5.74, 6) is 0.151. The van der Waals surface area contributed by atoms with Crippen LogP contribution in [0.3, 0.4) is 0 Å². The molecule has 18 heavy (non-hydrogen) atoms. The maximum absolute atomic E-state index is 12.1. The van der Waals surface area contributed by atoms with Gasteiger partial charge in [-0.05, 0) is 24.6 Å². The van der Waals surface area contributed by atoms with Crippen molar-refractivity contribution < 1.29 is 8.42 Å². The van der Waals surface area contributed by atoms with E-state index in [0.29, 0.717) is 19.6 Å². The first-order valence-electron chi connectivity index (χ1n) is 6.13. The highest BCUT2D eigenvalue weighted by molar-refractivity contribution is 7.90. The largest absolute Gasteiger partial charge is 0.330 e. The number of hydrogen-bond acceptors (Lipinski definition) is 3. The second-order valence-electron chi connectivity index (χ2n) is 4.47. The molecule has 1 fully saturated rings. The average molecular weight is 269 g/mol. The second-order valence-corrected chi connectivity index (χ2v) is 6.15. The first-order valence-corrected chi connectivity index (χ1v) is 7.57. The summed E-state index contributed by atoms with van der Waals surface area (Å²) in [6, 6.07) is 7.58. The topological polar surface area (TPSA) is 75.4 Å². The van der Waals surface area contributed by atoms with E-state index in [4.69, 9.17) is 5.73 Å². The molecule has 0 bridgehead atoms. The molecule has 1 aliphatic rings. The Morgan fingerprint density at radius 2 is 2.17 bits per heavy atom. The van der Waals surface area contributed by atoms with Crippen LogP contribution in [0.2, 0.25) is 0 Å². The quantitative estimate of drug-likeness (QED) is 0.838. The summed E-state index contributed by atoms with van der Waals surface area (Å²) in [5.41, 5.74) is 7.42. The van der Waals surface area contributed by atoms with Crippen molar-refractivity contribution in [3.05, 3.63) is 29.8 Å². The van der Waals surface area contributed by atoms with Gasteiger partial charge in [-0.3, -0.25) is 4.31 Å². The van der Waals surface area contributed by atoms with Gasteiger partial charge in [0, 0.05) is 19.0 Å². The Bertz CT molecular complexity index is 516. The van der Waals surface area contributed by atoms with Gasteiger partial charge >= 0.3 is 10.2 Å². The fourth-order valence-electron chi connectivity index (χ4n) is 2.14. The van der Waals surface area contributed by atoms with Gasteiger partial charge in [-0.15, -0.1) is 0 Å². The van der Waals surface area contributed by atoms with Crippen LogP contribution in [0, 0.1) is 5.92 Å². The van der Waals surface area contributed by atoms with E-state index in [0.717, 1.165) is 17.7 Å². The number of nitrogens with one attached hydrogen (secondary N) is 1. The number of rotatable bonds is 3. The van der Waals surface area contributed by atoms with Crippen molar-refractivity contribution in [2.24, 2.45) is 11.7 Å². The van der Waals surface area contributed by atoms with Gasteiger partial charge in [0.15, 0.2) is 0 Å². The number of para-hydroxylation sites is 1. The number of nitrogens with two attached hydrogens (primary N) is 1. The van der Waals surface area contributed by atoms with Crippen LogP contribution >= 0.6 is 0 Å². The predicted octanol–water partition coefficient (Wildman–Crippen LogP) is 0.478. The van der Waals surface area contributed by atoms with Crippen molar-refractivity contribution in [1.29, 1.82) is 0 Å². The minimum Gasteiger partial charge on any atom is -0.330 e. The van der Waals surface area contributed by atoms with Gasteiger partial charge in [0.25, 0.3) is 0 Å². The van der Waals surface area contributed by atoms with Crippen molar-refractivity contribution in [1.82, 2.24) is 4.72 Å². The molecule has 0 saturated carbocycles. The fraction of sp³-hybridized carbons (Fsp3) is 0.500. The molecule has 0 radical (unpaired) electrons. The number of aryl methyl sites for hydroxylation is 1. The van der Waals surface area contributed by atoms with Crippen molar-refractivity contribution in [2.45, 2.75) is 13.3 Å². The third kappa shape index (κ3) is 2.50. The monoisotopic (exact) mass is 269 g/mol. The summed E-state index contributed by atoms with van der Waals surface area (Å²) < 4.78 is 28.2. The zero-order valence-electron chi connectivity index (χ0n) is 10.5. The Morgan fingerprint density at radius 1 is 1.44 bits per heavy atom. The summed E-state index contributed by atoms with van der Waals surface area (Å²) >= 11 is 0. The van der Waals surface area contributed by atoms with E-state index in [1.807, 2.05) is 31.2 Å². The lowest BCUT2D eigenvalue weighted by Crippen LogP contribution is -2.53. The summed E-state index contributed by atoms with van der Waals surface area (Å²) in [4.78, 5) is 0. The van der Waals surface area contributed by atoms with Crippen molar-refractivity contribution >= 4 is 15.9 Å². The van der Waals surface area contributed by atoms with Gasteiger partial charge in [0.1, 0.15) is 0 Å². The van der Waals surface area contributed by atoms with Gasteiger partial charge in [0.05, 0.1) is 5.69 Å². The molecule has 0 spiro atoms. The fourth-order valence-corrected chi connectivity index (χ4v) is 3.58. The normalized spacial score (nSPS) is 23.0. The molecule has 1 aliphatic heterocycles. The van der Waals surface area contributed by atoms with Crippen LogP contribution in [-0.2, 0) is 16.6 Å². The van der Waals surface area contributed by atoms with E-state index in [2.05, 4.69) is 4.72 Å². The number of nitrogens with zero attached hydrogens (tertiary/aromatic N) is 1. The van der Waals surface area contributed by atoms with Crippen LogP contribution in [0.15, 0.2) is 24.3 Å². The molecule has 1 unspecified atom stereocenters. The Labute approximate surface area is 108 Å². The van der Waals surface area contributed by atoms with Gasteiger partial charge in [-0.25, -0.2) is 0 Å². The first-order chi connectivity index (χ1) is 8.58. The van der Waals surface area contributed by atoms with E-state index in [-0.39, 0.29) is 5.92 Å². The summed E-state index contributed by atoms with van der Waals surface area (Å²) in [7, 11) is -3.42. The van der Waals surface area contributed by atoms with E-state index in [9.17, 15) is 8.42 Å². The summed E-state index contributed by atoms with van der Waals surface area (Å²) in [6.07, 6.45) is 0.801. The van der Waals surface area contributed by atoms with Gasteiger partial charge in [-0.1, -0.05) is 25.1 Å². The third-order valence-electron chi connectivity index (χ3n) is 3.24. The molecule has 3 N–H and O–H groups in total. The Balaban J connectivity index is 2.39. The molecule has 5 nitrogen and oxygen atoms in total. The van der Waals surface area contributed by atoms with Crippen molar-refractivity contribution in [2.75, 3.05) is 23.9 Å². The molecule has 1 aromatic carbocycles. The molecule has 100 valence electrons. The molecule has 1 aromatic rings. The van der Waals surface area contributed by atoms with Crippen LogP contribution in [0.25, 0.3) is 0 Å². The molecular weight excluding hydrogens is 250 g/mol. The lowest BCUT2D eigenvalue weighted by molar-refractivity contribution is 0.486. The van der Waals surface area contributed by atoms with Crippen LogP contribution in [0.4, 0.5) is 5.69 Å². The van der Waals surface area contributed by atoms with Crippen LogP contribution in [-0.4, -0.2) is 28.1 Å².